The predicted molar refractivity (Wildman–Crippen MR) is 137 cm³/mol. The molecule has 0 spiro atoms. The van der Waals surface area contributed by atoms with Crippen molar-refractivity contribution in [3.8, 4) is 0 Å². The Bertz CT molecular complexity index is 790. The van der Waals surface area contributed by atoms with E-state index in [1.165, 1.54) is 5.56 Å². The molecule has 30 heavy (non-hydrogen) atoms. The largest absolute Gasteiger partial charge is 0.356 e. The Labute approximate surface area is 202 Å². The summed E-state index contributed by atoms with van der Waals surface area (Å²) in [6, 6.07) is 12.2. The summed E-state index contributed by atoms with van der Waals surface area (Å²) in [6.07, 6.45) is 2.84. The van der Waals surface area contributed by atoms with Crippen LogP contribution in [0.15, 0.2) is 47.6 Å². The molecule has 164 valence electrons. The smallest absolute Gasteiger partial charge is 0.191 e. The van der Waals surface area contributed by atoms with Crippen molar-refractivity contribution in [1.29, 1.82) is 0 Å². The van der Waals surface area contributed by atoms with E-state index in [0.29, 0.717) is 6.54 Å². The number of hydrogen-bond donors (Lipinski definition) is 2. The summed E-state index contributed by atoms with van der Waals surface area (Å²) in [4.78, 5) is 13.8. The number of halogens is 2. The van der Waals surface area contributed by atoms with Gasteiger partial charge in [-0.1, -0.05) is 36.7 Å². The minimum absolute atomic E-state index is 0. The zero-order valence-electron chi connectivity index (χ0n) is 17.8. The second-order valence-corrected chi connectivity index (χ2v) is 7.61. The van der Waals surface area contributed by atoms with Gasteiger partial charge in [-0.3, -0.25) is 4.99 Å². The summed E-state index contributed by atoms with van der Waals surface area (Å²) < 4.78 is 0. The molecule has 1 fully saturated rings. The summed E-state index contributed by atoms with van der Waals surface area (Å²) in [5, 5.41) is 7.46. The highest BCUT2D eigenvalue weighted by Gasteiger charge is 2.16. The molecule has 0 radical (unpaired) electrons. The Morgan fingerprint density at radius 1 is 1.10 bits per heavy atom. The van der Waals surface area contributed by atoms with Crippen LogP contribution in [0.2, 0.25) is 5.02 Å². The molecule has 1 aromatic carbocycles. The standard InChI is InChI=1S/C22H31ClN6.HI/c1-3-28-11-13-29(14-12-28)21-8-7-19(16-26-21)17-27-22(24-2)25-10-9-18-5-4-6-20(23)15-18;/h4-8,15-16H,3,9-14,17H2,1-2H3,(H2,24,25,27);1H. The van der Waals surface area contributed by atoms with Crippen LogP contribution >= 0.6 is 35.6 Å². The molecule has 0 bridgehead atoms. The predicted octanol–water partition coefficient (Wildman–Crippen LogP) is 3.40. The Morgan fingerprint density at radius 3 is 2.53 bits per heavy atom. The number of pyridine rings is 1. The molecule has 0 unspecified atom stereocenters. The molecule has 6 nitrogen and oxygen atoms in total. The molecule has 8 heteroatoms. The van der Waals surface area contributed by atoms with Crippen molar-refractivity contribution in [3.05, 3.63) is 58.7 Å². The first kappa shape index (κ1) is 24.7. The van der Waals surface area contributed by atoms with Gasteiger partial charge < -0.3 is 20.4 Å². The van der Waals surface area contributed by atoms with E-state index < -0.39 is 0 Å². The summed E-state index contributed by atoms with van der Waals surface area (Å²) in [7, 11) is 1.78. The zero-order chi connectivity index (χ0) is 20.5. The van der Waals surface area contributed by atoms with E-state index in [1.807, 2.05) is 24.4 Å². The van der Waals surface area contributed by atoms with E-state index in [2.05, 4.69) is 55.5 Å². The van der Waals surface area contributed by atoms with E-state index in [0.717, 1.165) is 68.1 Å². The topological polar surface area (TPSA) is 55.8 Å². The maximum atomic E-state index is 6.04. The Hall–Kier alpha value is -1.58. The fourth-order valence-corrected chi connectivity index (χ4v) is 3.64. The molecule has 1 aliphatic heterocycles. The SMILES string of the molecule is CCN1CCN(c2ccc(CNC(=NC)NCCc3cccc(Cl)c3)cn2)CC1.I. The highest BCUT2D eigenvalue weighted by atomic mass is 127. The molecule has 1 saturated heterocycles. The van der Waals surface area contributed by atoms with Crippen molar-refractivity contribution in [2.75, 3.05) is 51.2 Å². The van der Waals surface area contributed by atoms with Crippen LogP contribution in [0.5, 0.6) is 0 Å². The number of aliphatic imine (C=N–C) groups is 1. The van der Waals surface area contributed by atoms with Crippen LogP contribution in [-0.4, -0.2) is 62.2 Å². The molecule has 2 N–H and O–H groups in total. The number of piperazine rings is 1. The van der Waals surface area contributed by atoms with Crippen LogP contribution in [0.1, 0.15) is 18.1 Å². The number of benzene rings is 1. The van der Waals surface area contributed by atoms with Crippen LogP contribution in [0.4, 0.5) is 5.82 Å². The summed E-state index contributed by atoms with van der Waals surface area (Å²) in [5.74, 6) is 1.85. The normalized spacial score (nSPS) is 14.9. The number of hydrogen-bond acceptors (Lipinski definition) is 4. The zero-order valence-corrected chi connectivity index (χ0v) is 20.9. The Kier molecular flexibility index (Phi) is 10.7. The van der Waals surface area contributed by atoms with Gasteiger partial charge in [0.15, 0.2) is 5.96 Å². The first-order chi connectivity index (χ1) is 14.2. The fourth-order valence-electron chi connectivity index (χ4n) is 3.43. The van der Waals surface area contributed by atoms with E-state index in [-0.39, 0.29) is 24.0 Å². The minimum Gasteiger partial charge on any atom is -0.356 e. The van der Waals surface area contributed by atoms with Crippen LogP contribution in [0, 0.1) is 0 Å². The van der Waals surface area contributed by atoms with Crippen LogP contribution in [0.25, 0.3) is 0 Å². The van der Waals surface area contributed by atoms with Crippen molar-refractivity contribution >= 4 is 47.4 Å². The Balaban J connectivity index is 0.00000320. The number of anilines is 1. The maximum absolute atomic E-state index is 6.04. The Morgan fingerprint density at radius 2 is 1.90 bits per heavy atom. The van der Waals surface area contributed by atoms with Gasteiger partial charge in [0, 0.05) is 57.5 Å². The van der Waals surface area contributed by atoms with E-state index in [1.54, 1.807) is 7.05 Å². The van der Waals surface area contributed by atoms with Crippen molar-refractivity contribution in [2.45, 2.75) is 19.9 Å². The van der Waals surface area contributed by atoms with Gasteiger partial charge in [0.25, 0.3) is 0 Å². The van der Waals surface area contributed by atoms with E-state index >= 15 is 0 Å². The fraction of sp³-hybridized carbons (Fsp3) is 0.455. The number of nitrogens with zero attached hydrogens (tertiary/aromatic N) is 4. The first-order valence-electron chi connectivity index (χ1n) is 10.3. The van der Waals surface area contributed by atoms with E-state index in [4.69, 9.17) is 11.6 Å². The molecule has 0 saturated carbocycles. The summed E-state index contributed by atoms with van der Waals surface area (Å²) in [5.41, 5.74) is 2.35. The average Bonchev–Trinajstić information content (AvgIpc) is 2.76. The minimum atomic E-state index is 0. The number of likely N-dealkylation sites (N-methyl/N-ethyl adjacent to an activating group) is 1. The van der Waals surface area contributed by atoms with Crippen LogP contribution in [-0.2, 0) is 13.0 Å². The third-order valence-electron chi connectivity index (χ3n) is 5.23. The third kappa shape index (κ3) is 7.59. The molecule has 2 heterocycles. The molecule has 0 amide bonds. The molecule has 1 aliphatic rings. The van der Waals surface area contributed by atoms with Crippen LogP contribution < -0.4 is 15.5 Å². The van der Waals surface area contributed by atoms with Gasteiger partial charge in [0.05, 0.1) is 0 Å². The third-order valence-corrected chi connectivity index (χ3v) is 5.47. The lowest BCUT2D eigenvalue weighted by molar-refractivity contribution is 0.270. The number of nitrogens with one attached hydrogen (secondary N) is 2. The molecule has 3 rings (SSSR count). The van der Waals surface area contributed by atoms with Gasteiger partial charge in [-0.2, -0.15) is 0 Å². The number of aromatic nitrogens is 1. The number of rotatable bonds is 7. The van der Waals surface area contributed by atoms with Crippen molar-refractivity contribution in [2.24, 2.45) is 4.99 Å². The lowest BCUT2D eigenvalue weighted by Crippen LogP contribution is -2.46. The van der Waals surface area contributed by atoms with Gasteiger partial charge >= 0.3 is 0 Å². The quantitative estimate of drug-likeness (QED) is 0.319. The molecule has 1 aromatic heterocycles. The second kappa shape index (κ2) is 13.0. The van der Waals surface area contributed by atoms with Gasteiger partial charge in [0.1, 0.15) is 5.82 Å². The average molecular weight is 543 g/mol. The van der Waals surface area contributed by atoms with Crippen LogP contribution in [0.3, 0.4) is 0 Å². The van der Waals surface area contributed by atoms with Crippen molar-refractivity contribution in [1.82, 2.24) is 20.5 Å². The highest BCUT2D eigenvalue weighted by Crippen LogP contribution is 2.14. The molecule has 0 atom stereocenters. The van der Waals surface area contributed by atoms with E-state index in [9.17, 15) is 0 Å². The number of guanidine groups is 1. The second-order valence-electron chi connectivity index (χ2n) is 7.18. The van der Waals surface area contributed by atoms with Gasteiger partial charge in [-0.05, 0) is 42.3 Å². The summed E-state index contributed by atoms with van der Waals surface area (Å²) >= 11 is 6.04. The molecule has 2 aromatic rings. The van der Waals surface area contributed by atoms with Gasteiger partial charge in [-0.25, -0.2) is 4.98 Å². The van der Waals surface area contributed by atoms with Gasteiger partial charge in [0.2, 0.25) is 0 Å². The lowest BCUT2D eigenvalue weighted by Gasteiger charge is -2.34. The van der Waals surface area contributed by atoms with Crippen molar-refractivity contribution < 1.29 is 0 Å². The molecule has 0 aliphatic carbocycles. The highest BCUT2D eigenvalue weighted by molar-refractivity contribution is 14.0. The maximum Gasteiger partial charge on any atom is 0.191 e. The summed E-state index contributed by atoms with van der Waals surface area (Å²) in [6.45, 7) is 9.13. The van der Waals surface area contributed by atoms with Gasteiger partial charge in [-0.15, -0.1) is 24.0 Å². The molecular weight excluding hydrogens is 511 g/mol. The first-order valence-corrected chi connectivity index (χ1v) is 10.7. The monoisotopic (exact) mass is 542 g/mol. The lowest BCUT2D eigenvalue weighted by atomic mass is 10.1. The molecular formula is C22H32ClIN6. The van der Waals surface area contributed by atoms with Crippen molar-refractivity contribution in [3.63, 3.8) is 0 Å².